The van der Waals surface area contributed by atoms with Crippen LogP contribution < -0.4 is 5.32 Å². The van der Waals surface area contributed by atoms with Crippen molar-refractivity contribution in [2.75, 3.05) is 7.11 Å². The monoisotopic (exact) mass is 725 g/mol. The molecular formula is C42H39N5O3S2. The average Bonchev–Trinajstić information content (AvgIpc) is 3.65. The van der Waals surface area contributed by atoms with E-state index in [9.17, 15) is 9.59 Å². The maximum absolute atomic E-state index is 13.2. The van der Waals surface area contributed by atoms with E-state index in [1.807, 2.05) is 48.7 Å². The number of fused-ring (bicyclic) bond motifs is 3. The number of methoxy groups -OCH3 is 1. The van der Waals surface area contributed by atoms with E-state index >= 15 is 0 Å². The van der Waals surface area contributed by atoms with Gasteiger partial charge in [0.2, 0.25) is 0 Å². The minimum atomic E-state index is -0.549. The normalized spacial score (nSPS) is 14.1. The van der Waals surface area contributed by atoms with Crippen LogP contribution in [-0.2, 0) is 15.3 Å². The zero-order valence-electron chi connectivity index (χ0n) is 29.7. The number of rotatable bonds is 10. The summed E-state index contributed by atoms with van der Waals surface area (Å²) in [5.41, 5.74) is 8.87. The van der Waals surface area contributed by atoms with Crippen molar-refractivity contribution in [3.05, 3.63) is 153 Å². The van der Waals surface area contributed by atoms with E-state index in [0.29, 0.717) is 11.4 Å². The van der Waals surface area contributed by atoms with Gasteiger partial charge in [-0.1, -0.05) is 78.9 Å². The fourth-order valence-corrected chi connectivity index (χ4v) is 8.43. The molecule has 8 nitrogen and oxygen atoms in total. The van der Waals surface area contributed by atoms with Gasteiger partial charge in [-0.25, -0.2) is 0 Å². The summed E-state index contributed by atoms with van der Waals surface area (Å²) < 4.78 is 7.05. The number of carbonyl (C=O) groups excluding carboxylic acids is 2. The summed E-state index contributed by atoms with van der Waals surface area (Å²) in [6.07, 6.45) is 0.0581. The van der Waals surface area contributed by atoms with E-state index < -0.39 is 6.04 Å². The molecule has 0 spiro atoms. The van der Waals surface area contributed by atoms with Crippen molar-refractivity contribution >= 4 is 40.7 Å². The number of nitrogens with one attached hydrogen (secondary N) is 1. The summed E-state index contributed by atoms with van der Waals surface area (Å²) in [5.74, 6) is 1.81. The largest absolute Gasteiger partial charge is 0.469 e. The predicted molar refractivity (Wildman–Crippen MR) is 209 cm³/mol. The van der Waals surface area contributed by atoms with Gasteiger partial charge in [-0.2, -0.15) is 0 Å². The Morgan fingerprint density at radius 1 is 0.865 bits per heavy atom. The minimum Gasteiger partial charge on any atom is -0.469 e. The van der Waals surface area contributed by atoms with Gasteiger partial charge in [-0.05, 0) is 79.8 Å². The van der Waals surface area contributed by atoms with Gasteiger partial charge in [0.05, 0.1) is 25.3 Å². The number of esters is 1. The van der Waals surface area contributed by atoms with Crippen molar-refractivity contribution in [2.24, 2.45) is 4.99 Å². The molecule has 4 aromatic carbocycles. The highest BCUT2D eigenvalue weighted by atomic mass is 32.2. The maximum Gasteiger partial charge on any atom is 0.308 e. The van der Waals surface area contributed by atoms with Crippen LogP contribution in [0.2, 0.25) is 0 Å². The Bertz CT molecular complexity index is 2260. The zero-order chi connectivity index (χ0) is 36.4. The lowest BCUT2D eigenvalue weighted by Gasteiger charge is -2.15. The Morgan fingerprint density at radius 3 is 2.19 bits per heavy atom. The quantitative estimate of drug-likeness (QED) is 0.112. The van der Waals surface area contributed by atoms with Crippen LogP contribution >= 0.6 is 23.1 Å². The van der Waals surface area contributed by atoms with Crippen LogP contribution in [0.3, 0.4) is 0 Å². The van der Waals surface area contributed by atoms with Gasteiger partial charge < -0.3 is 10.1 Å². The first kappa shape index (κ1) is 35.1. The molecule has 7 rings (SSSR count). The van der Waals surface area contributed by atoms with Crippen LogP contribution in [0.4, 0.5) is 0 Å². The Labute approximate surface area is 312 Å². The smallest absolute Gasteiger partial charge is 0.308 e. The molecule has 1 aliphatic heterocycles. The lowest BCUT2D eigenvalue weighted by atomic mass is 9.96. The Morgan fingerprint density at radius 2 is 1.52 bits per heavy atom. The summed E-state index contributed by atoms with van der Waals surface area (Å²) in [6, 6.07) is 34.1. The number of thioether (sulfide) groups is 1. The number of thiophene rings is 1. The lowest BCUT2D eigenvalue weighted by Crippen LogP contribution is -2.26. The van der Waals surface area contributed by atoms with Gasteiger partial charge in [0.25, 0.3) is 5.91 Å². The number of aryl methyl sites for hydroxylation is 2. The molecular weight excluding hydrogens is 687 g/mol. The van der Waals surface area contributed by atoms with E-state index in [1.54, 1.807) is 23.1 Å². The molecule has 6 aromatic rings. The standard InChI is InChI=1S/C42H39N5O3S2/c1-25-27(3)52-42-38(25)39(44-36(23-37(48)50-5)40-46-45-28(4)47(40)42)33-15-11-31(12-16-33)32-13-17-34(18-14-32)41(49)43-26(2)30-19-21-35(22-20-30)51-24-29-9-7-6-8-10-29/h6-22,26,36H,23-24H2,1-5H3,(H,43,49)/t26-,36+/m1/s1. The molecule has 1 N–H and O–H groups in total. The number of hydrogen-bond acceptors (Lipinski definition) is 8. The van der Waals surface area contributed by atoms with Crippen LogP contribution in [0, 0.1) is 20.8 Å². The van der Waals surface area contributed by atoms with E-state index in [4.69, 9.17) is 9.73 Å². The first-order chi connectivity index (χ1) is 25.2. The van der Waals surface area contributed by atoms with Crippen LogP contribution in [0.25, 0.3) is 16.1 Å². The summed E-state index contributed by atoms with van der Waals surface area (Å²) in [6.45, 7) is 8.14. The number of amides is 1. The van der Waals surface area contributed by atoms with Crippen LogP contribution in [0.1, 0.15) is 80.1 Å². The summed E-state index contributed by atoms with van der Waals surface area (Å²) in [7, 11) is 1.38. The van der Waals surface area contributed by atoms with Gasteiger partial charge in [0.1, 0.15) is 16.9 Å². The number of nitrogens with zero attached hydrogens (tertiary/aromatic N) is 4. The predicted octanol–water partition coefficient (Wildman–Crippen LogP) is 9.16. The third-order valence-corrected chi connectivity index (χ3v) is 11.7. The van der Waals surface area contributed by atoms with E-state index in [2.05, 4.69) is 102 Å². The second-order valence-corrected chi connectivity index (χ2v) is 15.1. The molecule has 10 heteroatoms. The molecule has 2 aromatic heterocycles. The van der Waals surface area contributed by atoms with Gasteiger partial charge in [0, 0.05) is 32.2 Å². The highest BCUT2D eigenvalue weighted by Crippen LogP contribution is 2.40. The number of aliphatic imine (C=N–C) groups is 1. The summed E-state index contributed by atoms with van der Waals surface area (Å²) in [4.78, 5) is 33.2. The third kappa shape index (κ3) is 7.22. The topological polar surface area (TPSA) is 98.5 Å². The molecule has 0 fully saturated rings. The second kappa shape index (κ2) is 15.1. The molecule has 2 atom stereocenters. The Hall–Kier alpha value is -5.32. The van der Waals surface area contributed by atoms with Gasteiger partial charge in [-0.3, -0.25) is 19.1 Å². The molecule has 1 aliphatic rings. The zero-order valence-corrected chi connectivity index (χ0v) is 31.3. The molecule has 262 valence electrons. The van der Waals surface area contributed by atoms with E-state index in [-0.39, 0.29) is 24.3 Å². The van der Waals surface area contributed by atoms with Gasteiger partial charge in [-0.15, -0.1) is 33.3 Å². The molecule has 1 amide bonds. The van der Waals surface area contributed by atoms with Crippen molar-refractivity contribution in [1.29, 1.82) is 0 Å². The molecule has 0 saturated carbocycles. The highest BCUT2D eigenvalue weighted by Gasteiger charge is 2.32. The molecule has 0 aliphatic carbocycles. The fraction of sp³-hybridized carbons (Fsp3) is 0.214. The number of ether oxygens (including phenoxy) is 1. The minimum absolute atomic E-state index is 0.0581. The third-order valence-electron chi connectivity index (χ3n) is 9.44. The van der Waals surface area contributed by atoms with Crippen molar-refractivity contribution in [1.82, 2.24) is 20.1 Å². The number of aromatic nitrogens is 3. The van der Waals surface area contributed by atoms with E-state index in [1.165, 1.54) is 22.4 Å². The summed E-state index contributed by atoms with van der Waals surface area (Å²) in [5, 5.41) is 12.9. The first-order valence-electron chi connectivity index (χ1n) is 17.2. The fourth-order valence-electron chi connectivity index (χ4n) is 6.36. The van der Waals surface area contributed by atoms with Crippen LogP contribution in [0.15, 0.2) is 113 Å². The van der Waals surface area contributed by atoms with Crippen molar-refractivity contribution in [2.45, 2.75) is 56.8 Å². The number of hydrogen-bond donors (Lipinski definition) is 1. The number of carbonyl (C=O) groups is 2. The molecule has 0 saturated heterocycles. The lowest BCUT2D eigenvalue weighted by molar-refractivity contribution is -0.141. The molecule has 0 bridgehead atoms. The van der Waals surface area contributed by atoms with Crippen molar-refractivity contribution in [3.8, 4) is 16.1 Å². The molecule has 3 heterocycles. The van der Waals surface area contributed by atoms with Gasteiger partial charge in [0.15, 0.2) is 5.82 Å². The highest BCUT2D eigenvalue weighted by molar-refractivity contribution is 7.98. The average molecular weight is 726 g/mol. The summed E-state index contributed by atoms with van der Waals surface area (Å²) >= 11 is 3.48. The maximum atomic E-state index is 13.2. The van der Waals surface area contributed by atoms with Gasteiger partial charge >= 0.3 is 5.97 Å². The van der Waals surface area contributed by atoms with Crippen LogP contribution in [-0.4, -0.2) is 39.5 Å². The van der Waals surface area contributed by atoms with Crippen molar-refractivity contribution < 1.29 is 14.3 Å². The first-order valence-corrected chi connectivity index (χ1v) is 19.0. The molecule has 52 heavy (non-hydrogen) atoms. The Balaban J connectivity index is 1.06. The SMILES string of the molecule is COC(=O)C[C@@H]1N=C(c2ccc(-c3ccc(C(=O)N[C@H](C)c4ccc(SCc5ccccc5)cc4)cc3)cc2)c2c(sc(C)c2C)-n2c(C)nnc21. The van der Waals surface area contributed by atoms with Crippen molar-refractivity contribution in [3.63, 3.8) is 0 Å². The second-order valence-electron chi connectivity index (χ2n) is 12.9. The molecule has 0 unspecified atom stereocenters. The molecule has 0 radical (unpaired) electrons. The van der Waals surface area contributed by atoms with E-state index in [0.717, 1.165) is 55.7 Å². The van der Waals surface area contributed by atoms with Crippen LogP contribution in [0.5, 0.6) is 0 Å². The Kier molecular flexibility index (Phi) is 10.2. The number of benzene rings is 4.